The van der Waals surface area contributed by atoms with E-state index in [1.165, 1.54) is 24.1 Å². The molecule has 0 saturated heterocycles. The van der Waals surface area contributed by atoms with Crippen LogP contribution in [0, 0.1) is 6.92 Å². The highest BCUT2D eigenvalue weighted by molar-refractivity contribution is 9.10. The van der Waals surface area contributed by atoms with Gasteiger partial charge in [0, 0.05) is 18.1 Å². The van der Waals surface area contributed by atoms with E-state index in [-0.39, 0.29) is 17.3 Å². The molecule has 0 radical (unpaired) electrons. The average molecular weight is 573 g/mol. The number of sulfonamides is 1. The first-order valence-corrected chi connectivity index (χ1v) is 13.8. The lowest BCUT2D eigenvalue weighted by Gasteiger charge is -2.33. The number of hydrogen-bond donors (Lipinski definition) is 1. The molecule has 3 aromatic carbocycles. The summed E-state index contributed by atoms with van der Waals surface area (Å²) in [6.07, 6.45) is 0.375. The fourth-order valence-electron chi connectivity index (χ4n) is 3.94. The fraction of sp³-hybridized carbons (Fsp3) is 0.259. The molecule has 7 nitrogen and oxygen atoms in total. The molecule has 3 rings (SSSR count). The second-order valence-corrected chi connectivity index (χ2v) is 11.1. The largest absolute Gasteiger partial charge is 0.357 e. The Balaban J connectivity index is 2.06. The zero-order valence-electron chi connectivity index (χ0n) is 20.5. The molecule has 0 fully saturated rings. The molecule has 0 aliphatic carbocycles. The summed E-state index contributed by atoms with van der Waals surface area (Å²) in [5.41, 5.74) is 2.20. The summed E-state index contributed by atoms with van der Waals surface area (Å²) < 4.78 is 29.2. The summed E-state index contributed by atoms with van der Waals surface area (Å²) in [6, 6.07) is 21.6. The van der Waals surface area contributed by atoms with E-state index in [0.29, 0.717) is 16.6 Å². The first-order valence-electron chi connectivity index (χ1n) is 11.6. The van der Waals surface area contributed by atoms with Crippen LogP contribution < -0.4 is 9.62 Å². The average Bonchev–Trinajstić information content (AvgIpc) is 2.88. The number of carbonyl (C=O) groups excluding carboxylic acids is 2. The fourth-order valence-corrected chi connectivity index (χ4v) is 5.75. The Labute approximate surface area is 221 Å². The number of aryl methyl sites for hydroxylation is 1. The smallest absolute Gasteiger partial charge is 0.264 e. The minimum atomic E-state index is -4.07. The first kappa shape index (κ1) is 27.4. The third-order valence-electron chi connectivity index (χ3n) is 5.94. The molecule has 2 amide bonds. The molecule has 190 valence electrons. The number of likely N-dealkylation sites (N-methyl/N-ethyl adjacent to an activating group) is 1. The highest BCUT2D eigenvalue weighted by Crippen LogP contribution is 2.27. The van der Waals surface area contributed by atoms with Crippen LogP contribution in [-0.2, 0) is 26.2 Å². The molecule has 0 aliphatic heterocycles. The van der Waals surface area contributed by atoms with Gasteiger partial charge in [0.25, 0.3) is 10.0 Å². The van der Waals surface area contributed by atoms with Crippen LogP contribution in [0.15, 0.2) is 88.2 Å². The maximum atomic E-state index is 13.9. The van der Waals surface area contributed by atoms with E-state index in [2.05, 4.69) is 21.2 Å². The van der Waals surface area contributed by atoms with Gasteiger partial charge in [0.1, 0.15) is 12.6 Å². The van der Waals surface area contributed by atoms with E-state index in [1.807, 2.05) is 38.1 Å². The molecule has 0 saturated carbocycles. The Morgan fingerprint density at radius 3 is 2.25 bits per heavy atom. The van der Waals surface area contributed by atoms with Crippen molar-refractivity contribution in [3.05, 3.63) is 94.5 Å². The summed E-state index contributed by atoms with van der Waals surface area (Å²) in [7, 11) is -2.55. The quantitative estimate of drug-likeness (QED) is 0.388. The van der Waals surface area contributed by atoms with Crippen molar-refractivity contribution in [2.75, 3.05) is 17.9 Å². The van der Waals surface area contributed by atoms with Gasteiger partial charge >= 0.3 is 0 Å². The Morgan fingerprint density at radius 2 is 1.64 bits per heavy atom. The maximum Gasteiger partial charge on any atom is 0.264 e. The van der Waals surface area contributed by atoms with Gasteiger partial charge in [-0.15, -0.1) is 0 Å². The van der Waals surface area contributed by atoms with E-state index in [1.54, 1.807) is 42.5 Å². The van der Waals surface area contributed by atoms with Crippen LogP contribution in [0.1, 0.15) is 24.5 Å². The number of benzene rings is 3. The van der Waals surface area contributed by atoms with Crippen LogP contribution in [0.3, 0.4) is 0 Å². The molecule has 0 aliphatic rings. The molecule has 0 aromatic heterocycles. The van der Waals surface area contributed by atoms with E-state index in [9.17, 15) is 18.0 Å². The predicted octanol–water partition coefficient (Wildman–Crippen LogP) is 4.51. The third-order valence-corrected chi connectivity index (χ3v) is 8.22. The zero-order valence-corrected chi connectivity index (χ0v) is 22.9. The van der Waals surface area contributed by atoms with Crippen molar-refractivity contribution in [3.8, 4) is 0 Å². The molecule has 0 spiro atoms. The van der Waals surface area contributed by atoms with E-state index >= 15 is 0 Å². The minimum Gasteiger partial charge on any atom is -0.357 e. The van der Waals surface area contributed by atoms with Gasteiger partial charge in [-0.25, -0.2) is 8.42 Å². The van der Waals surface area contributed by atoms with Gasteiger partial charge in [0.15, 0.2) is 0 Å². The lowest BCUT2D eigenvalue weighted by molar-refractivity contribution is -0.140. The molecule has 9 heteroatoms. The molecule has 1 atom stereocenters. The third kappa shape index (κ3) is 6.33. The number of amides is 2. The molecule has 0 heterocycles. The first-order chi connectivity index (χ1) is 17.2. The summed E-state index contributed by atoms with van der Waals surface area (Å²) >= 11 is 3.39. The van der Waals surface area contributed by atoms with Gasteiger partial charge in [0.05, 0.1) is 10.6 Å². The number of hydrogen-bond acceptors (Lipinski definition) is 4. The number of anilines is 1. The normalized spacial score (nSPS) is 12.0. The molecule has 1 N–H and O–H groups in total. The van der Waals surface area contributed by atoms with Crippen LogP contribution in [0.4, 0.5) is 5.69 Å². The van der Waals surface area contributed by atoms with Crippen LogP contribution >= 0.6 is 15.9 Å². The van der Waals surface area contributed by atoms with Crippen LogP contribution in [0.25, 0.3) is 0 Å². The summed E-state index contributed by atoms with van der Waals surface area (Å²) in [5, 5.41) is 2.63. The standard InChI is InChI=1S/C27H30BrN3O4S/c1-4-25(27(33)29-3)30(18-21-12-9-8-11-20(21)2)26(32)19-31(23-14-10-13-22(28)17-23)36(34,35)24-15-6-5-7-16-24/h5-17,25H,4,18-19H2,1-3H3,(H,29,33)/t25-/m0/s1. The van der Waals surface area contributed by atoms with Crippen LogP contribution in [0.5, 0.6) is 0 Å². The van der Waals surface area contributed by atoms with Crippen molar-refractivity contribution in [1.29, 1.82) is 0 Å². The number of nitrogens with zero attached hydrogens (tertiary/aromatic N) is 2. The molecule has 0 unspecified atom stereocenters. The van der Waals surface area contributed by atoms with Gasteiger partial charge in [-0.05, 0) is 54.8 Å². The Hall–Kier alpha value is -3.17. The summed E-state index contributed by atoms with van der Waals surface area (Å²) in [5.74, 6) is -0.785. The molecular weight excluding hydrogens is 542 g/mol. The Morgan fingerprint density at radius 1 is 0.972 bits per heavy atom. The van der Waals surface area contributed by atoms with E-state index in [0.717, 1.165) is 15.4 Å². The predicted molar refractivity (Wildman–Crippen MR) is 145 cm³/mol. The lowest BCUT2D eigenvalue weighted by atomic mass is 10.1. The highest BCUT2D eigenvalue weighted by Gasteiger charge is 2.33. The second kappa shape index (κ2) is 12.2. The highest BCUT2D eigenvalue weighted by atomic mass is 79.9. The number of rotatable bonds is 10. The Bertz CT molecular complexity index is 1320. The van der Waals surface area contributed by atoms with Gasteiger partial charge in [-0.1, -0.05) is 71.4 Å². The monoisotopic (exact) mass is 571 g/mol. The van der Waals surface area contributed by atoms with Crippen LogP contribution in [0.2, 0.25) is 0 Å². The van der Waals surface area contributed by atoms with Crippen LogP contribution in [-0.4, -0.2) is 44.8 Å². The van der Waals surface area contributed by atoms with E-state index < -0.39 is 28.5 Å². The molecule has 0 bridgehead atoms. The second-order valence-electron chi connectivity index (χ2n) is 8.29. The van der Waals surface area contributed by atoms with Crippen molar-refractivity contribution < 1.29 is 18.0 Å². The minimum absolute atomic E-state index is 0.0709. The van der Waals surface area contributed by atoms with Crippen molar-refractivity contribution in [3.63, 3.8) is 0 Å². The SMILES string of the molecule is CC[C@@H](C(=O)NC)N(Cc1ccccc1C)C(=O)CN(c1cccc(Br)c1)S(=O)(=O)c1ccccc1. The summed E-state index contributed by atoms with van der Waals surface area (Å²) in [4.78, 5) is 28.1. The van der Waals surface area contributed by atoms with Gasteiger partial charge < -0.3 is 10.2 Å². The molecular formula is C27H30BrN3O4S. The van der Waals surface area contributed by atoms with Crippen molar-refractivity contribution in [2.45, 2.75) is 37.8 Å². The number of halogens is 1. The lowest BCUT2D eigenvalue weighted by Crippen LogP contribution is -2.51. The number of carbonyl (C=O) groups is 2. The van der Waals surface area contributed by atoms with Gasteiger partial charge in [-0.2, -0.15) is 0 Å². The Kier molecular flexibility index (Phi) is 9.28. The molecule has 3 aromatic rings. The van der Waals surface area contributed by atoms with Crippen molar-refractivity contribution in [1.82, 2.24) is 10.2 Å². The van der Waals surface area contributed by atoms with Crippen molar-refractivity contribution in [2.24, 2.45) is 0 Å². The topological polar surface area (TPSA) is 86.8 Å². The molecule has 36 heavy (non-hydrogen) atoms. The number of nitrogens with one attached hydrogen (secondary N) is 1. The zero-order chi connectivity index (χ0) is 26.3. The van der Waals surface area contributed by atoms with E-state index in [4.69, 9.17) is 0 Å². The maximum absolute atomic E-state index is 13.9. The van der Waals surface area contributed by atoms with Gasteiger partial charge in [0.2, 0.25) is 11.8 Å². The van der Waals surface area contributed by atoms with Gasteiger partial charge in [-0.3, -0.25) is 13.9 Å². The summed E-state index contributed by atoms with van der Waals surface area (Å²) in [6.45, 7) is 3.47. The van der Waals surface area contributed by atoms with Crippen molar-refractivity contribution >= 4 is 43.5 Å².